The van der Waals surface area contributed by atoms with Crippen LogP contribution < -0.4 is 10.6 Å². The summed E-state index contributed by atoms with van der Waals surface area (Å²) in [6.07, 6.45) is 1.35. The van der Waals surface area contributed by atoms with E-state index in [0.717, 1.165) is 0 Å². The summed E-state index contributed by atoms with van der Waals surface area (Å²) in [5, 5.41) is 6.05. The van der Waals surface area contributed by atoms with Gasteiger partial charge in [-0.3, -0.25) is 9.79 Å². The van der Waals surface area contributed by atoms with Crippen LogP contribution in [0.15, 0.2) is 4.99 Å². The van der Waals surface area contributed by atoms with Crippen LogP contribution in [0.25, 0.3) is 0 Å². The van der Waals surface area contributed by atoms with Gasteiger partial charge >= 0.3 is 5.97 Å². The van der Waals surface area contributed by atoms with Crippen LogP contribution in [0.2, 0.25) is 0 Å². The molecule has 1 aliphatic heterocycles. The van der Waals surface area contributed by atoms with Gasteiger partial charge in [0, 0.05) is 33.9 Å². The Morgan fingerprint density at radius 3 is 2.50 bits per heavy atom. The number of carbonyl (C=O) groups is 1. The number of methoxy groups -OCH3 is 1. The highest BCUT2D eigenvalue weighted by Crippen LogP contribution is 2.31. The SMILES string of the molecule is CN=C(NC)NCC1(C(=O)OC)CCOCC1.I. The molecule has 0 unspecified atom stereocenters. The van der Waals surface area contributed by atoms with Crippen molar-refractivity contribution in [3.05, 3.63) is 0 Å². The molecule has 0 atom stereocenters. The number of guanidine groups is 1. The summed E-state index contributed by atoms with van der Waals surface area (Å²) in [5.74, 6) is 0.486. The van der Waals surface area contributed by atoms with E-state index < -0.39 is 5.41 Å². The van der Waals surface area contributed by atoms with Crippen molar-refractivity contribution in [1.82, 2.24) is 10.6 Å². The lowest BCUT2D eigenvalue weighted by molar-refractivity contribution is -0.158. The fraction of sp³-hybridized carbons (Fsp3) is 0.818. The monoisotopic (exact) mass is 371 g/mol. The fourth-order valence-electron chi connectivity index (χ4n) is 1.96. The zero-order chi connectivity index (χ0) is 12.7. The van der Waals surface area contributed by atoms with E-state index in [1.807, 2.05) is 0 Å². The summed E-state index contributed by atoms with van der Waals surface area (Å²) in [4.78, 5) is 15.9. The Morgan fingerprint density at radius 2 is 2.06 bits per heavy atom. The molecule has 0 saturated carbocycles. The molecule has 0 aromatic rings. The first-order valence-corrected chi connectivity index (χ1v) is 5.73. The molecule has 1 heterocycles. The van der Waals surface area contributed by atoms with E-state index in [1.165, 1.54) is 7.11 Å². The van der Waals surface area contributed by atoms with Gasteiger partial charge < -0.3 is 20.1 Å². The maximum Gasteiger partial charge on any atom is 0.313 e. The van der Waals surface area contributed by atoms with Crippen LogP contribution in [-0.4, -0.2) is 52.9 Å². The summed E-state index contributed by atoms with van der Waals surface area (Å²) in [5.41, 5.74) is -0.500. The molecule has 0 aromatic heterocycles. The second-order valence-electron chi connectivity index (χ2n) is 4.06. The molecule has 7 heteroatoms. The lowest BCUT2D eigenvalue weighted by atomic mass is 9.80. The second kappa shape index (κ2) is 8.52. The number of nitrogens with one attached hydrogen (secondary N) is 2. The van der Waals surface area contributed by atoms with Gasteiger partial charge in [0.05, 0.1) is 12.5 Å². The molecular weight excluding hydrogens is 349 g/mol. The highest BCUT2D eigenvalue weighted by atomic mass is 127. The molecule has 1 aliphatic rings. The van der Waals surface area contributed by atoms with Gasteiger partial charge in [-0.15, -0.1) is 24.0 Å². The van der Waals surface area contributed by atoms with Gasteiger partial charge in [-0.2, -0.15) is 0 Å². The number of hydrogen-bond acceptors (Lipinski definition) is 4. The lowest BCUT2D eigenvalue weighted by Gasteiger charge is -2.34. The van der Waals surface area contributed by atoms with Crippen LogP contribution in [0, 0.1) is 5.41 Å². The molecule has 106 valence electrons. The Bertz CT molecular complexity index is 291. The van der Waals surface area contributed by atoms with Crippen molar-refractivity contribution in [2.24, 2.45) is 10.4 Å². The molecule has 1 rings (SSSR count). The van der Waals surface area contributed by atoms with Gasteiger partial charge in [0.15, 0.2) is 5.96 Å². The molecule has 1 saturated heterocycles. The maximum atomic E-state index is 11.9. The first kappa shape index (κ1) is 17.4. The molecule has 2 N–H and O–H groups in total. The summed E-state index contributed by atoms with van der Waals surface area (Å²) in [7, 11) is 4.89. The predicted octanol–water partition coefficient (Wildman–Crippen LogP) is 0.369. The Hall–Kier alpha value is -0.570. The maximum absolute atomic E-state index is 11.9. The highest BCUT2D eigenvalue weighted by molar-refractivity contribution is 14.0. The van der Waals surface area contributed by atoms with Crippen LogP contribution in [0.4, 0.5) is 0 Å². The average molecular weight is 371 g/mol. The van der Waals surface area contributed by atoms with E-state index in [2.05, 4.69) is 15.6 Å². The van der Waals surface area contributed by atoms with E-state index in [-0.39, 0.29) is 29.9 Å². The third-order valence-corrected chi connectivity index (χ3v) is 3.12. The summed E-state index contributed by atoms with van der Waals surface area (Å²) < 4.78 is 10.2. The minimum absolute atomic E-state index is 0. The molecule has 0 amide bonds. The molecule has 0 radical (unpaired) electrons. The summed E-state index contributed by atoms with van der Waals surface area (Å²) in [6, 6.07) is 0. The molecule has 6 nitrogen and oxygen atoms in total. The van der Waals surface area contributed by atoms with E-state index in [0.29, 0.717) is 38.6 Å². The summed E-state index contributed by atoms with van der Waals surface area (Å²) >= 11 is 0. The predicted molar refractivity (Wildman–Crippen MR) is 80.3 cm³/mol. The molecular formula is C11H22IN3O3. The van der Waals surface area contributed by atoms with Crippen molar-refractivity contribution < 1.29 is 14.3 Å². The fourth-order valence-corrected chi connectivity index (χ4v) is 1.96. The molecule has 18 heavy (non-hydrogen) atoms. The number of nitrogens with zero attached hydrogens (tertiary/aromatic N) is 1. The zero-order valence-electron chi connectivity index (χ0n) is 11.1. The number of hydrogen-bond donors (Lipinski definition) is 2. The highest BCUT2D eigenvalue weighted by Gasteiger charge is 2.41. The second-order valence-corrected chi connectivity index (χ2v) is 4.06. The van der Waals surface area contributed by atoms with Gasteiger partial charge in [-0.1, -0.05) is 0 Å². The van der Waals surface area contributed by atoms with Crippen molar-refractivity contribution in [3.63, 3.8) is 0 Å². The number of esters is 1. The van der Waals surface area contributed by atoms with Gasteiger partial charge in [0.1, 0.15) is 0 Å². The van der Waals surface area contributed by atoms with Crippen LogP contribution >= 0.6 is 24.0 Å². The number of aliphatic imine (C=N–C) groups is 1. The summed E-state index contributed by atoms with van der Waals surface area (Å²) in [6.45, 7) is 1.69. The van der Waals surface area contributed by atoms with E-state index in [1.54, 1.807) is 14.1 Å². The normalized spacial score (nSPS) is 18.5. The van der Waals surface area contributed by atoms with Crippen LogP contribution in [0.5, 0.6) is 0 Å². The quantitative estimate of drug-likeness (QED) is 0.325. The van der Waals surface area contributed by atoms with Crippen molar-refractivity contribution in [2.75, 3.05) is 41.0 Å². The standard InChI is InChI=1S/C11H21N3O3.HI/c1-12-10(13-2)14-8-11(9(15)16-3)4-6-17-7-5-11;/h4-8H2,1-3H3,(H2,12,13,14);1H. The topological polar surface area (TPSA) is 72.0 Å². The molecule has 0 bridgehead atoms. The Morgan fingerprint density at radius 1 is 1.44 bits per heavy atom. The minimum Gasteiger partial charge on any atom is -0.469 e. The van der Waals surface area contributed by atoms with Crippen molar-refractivity contribution in [2.45, 2.75) is 12.8 Å². The Balaban J connectivity index is 0.00000289. The zero-order valence-corrected chi connectivity index (χ0v) is 13.4. The number of rotatable bonds is 3. The number of carbonyl (C=O) groups excluding carboxylic acids is 1. The molecule has 0 aliphatic carbocycles. The van der Waals surface area contributed by atoms with E-state index >= 15 is 0 Å². The number of halogens is 1. The molecule has 0 aromatic carbocycles. The average Bonchev–Trinajstić information content (AvgIpc) is 2.40. The largest absolute Gasteiger partial charge is 0.469 e. The van der Waals surface area contributed by atoms with Gasteiger partial charge in [-0.25, -0.2) is 0 Å². The van der Waals surface area contributed by atoms with Crippen molar-refractivity contribution in [1.29, 1.82) is 0 Å². The number of ether oxygens (including phenoxy) is 2. The third kappa shape index (κ3) is 4.27. The Labute approximate surface area is 125 Å². The van der Waals surface area contributed by atoms with E-state index in [4.69, 9.17) is 9.47 Å². The third-order valence-electron chi connectivity index (χ3n) is 3.12. The lowest BCUT2D eigenvalue weighted by Crippen LogP contribution is -2.49. The van der Waals surface area contributed by atoms with E-state index in [9.17, 15) is 4.79 Å². The van der Waals surface area contributed by atoms with Gasteiger partial charge in [0.25, 0.3) is 0 Å². The van der Waals surface area contributed by atoms with Crippen LogP contribution in [-0.2, 0) is 14.3 Å². The van der Waals surface area contributed by atoms with Crippen LogP contribution in [0.1, 0.15) is 12.8 Å². The van der Waals surface area contributed by atoms with Gasteiger partial charge in [0.2, 0.25) is 0 Å². The first-order valence-electron chi connectivity index (χ1n) is 5.73. The minimum atomic E-state index is -0.500. The van der Waals surface area contributed by atoms with Crippen molar-refractivity contribution in [3.8, 4) is 0 Å². The Kier molecular flexibility index (Phi) is 8.25. The smallest absolute Gasteiger partial charge is 0.313 e. The van der Waals surface area contributed by atoms with Crippen LogP contribution in [0.3, 0.4) is 0 Å². The van der Waals surface area contributed by atoms with Crippen molar-refractivity contribution >= 4 is 35.9 Å². The van der Waals surface area contributed by atoms with Gasteiger partial charge in [-0.05, 0) is 12.8 Å². The molecule has 1 fully saturated rings. The first-order chi connectivity index (χ1) is 8.18. The molecule has 0 spiro atoms.